The molecule has 140 valence electrons. The Labute approximate surface area is 156 Å². The average molecular weight is 369 g/mol. The molecule has 3 aromatic rings. The monoisotopic (exact) mass is 369 g/mol. The van der Waals surface area contributed by atoms with E-state index in [4.69, 9.17) is 0 Å². The lowest BCUT2D eigenvalue weighted by molar-refractivity contribution is 0.164. The van der Waals surface area contributed by atoms with Crippen LogP contribution in [0.4, 0.5) is 8.78 Å². The van der Waals surface area contributed by atoms with Crippen molar-refractivity contribution in [1.29, 1.82) is 0 Å². The zero-order chi connectivity index (χ0) is 18.6. The number of aromatic nitrogens is 4. The molecule has 27 heavy (non-hydrogen) atoms. The Morgan fingerprint density at radius 1 is 1.15 bits per heavy atom. The number of hydrogen-bond donors (Lipinski definition) is 1. The van der Waals surface area contributed by atoms with Gasteiger partial charge in [0.2, 0.25) is 0 Å². The van der Waals surface area contributed by atoms with Gasteiger partial charge < -0.3 is 4.98 Å². The van der Waals surface area contributed by atoms with E-state index in [0.717, 1.165) is 55.6 Å². The zero-order valence-electron chi connectivity index (χ0n) is 14.9. The van der Waals surface area contributed by atoms with Crippen LogP contribution in [-0.4, -0.2) is 37.9 Å². The molecule has 0 bridgehead atoms. The Kier molecular flexibility index (Phi) is 5.20. The summed E-state index contributed by atoms with van der Waals surface area (Å²) in [4.78, 5) is 18.1. The Morgan fingerprint density at radius 3 is 2.93 bits per heavy atom. The van der Waals surface area contributed by atoms with Gasteiger partial charge in [0.25, 0.3) is 0 Å². The minimum Gasteiger partial charge on any atom is -0.343 e. The lowest BCUT2D eigenvalue weighted by atomic mass is 9.92. The largest absolute Gasteiger partial charge is 0.343 e. The molecule has 4 rings (SSSR count). The van der Waals surface area contributed by atoms with E-state index in [2.05, 4.69) is 24.8 Å². The molecule has 1 saturated heterocycles. The minimum absolute atomic E-state index is 0.350. The second kappa shape index (κ2) is 7.92. The summed E-state index contributed by atoms with van der Waals surface area (Å²) < 4.78 is 27.3. The summed E-state index contributed by atoms with van der Waals surface area (Å²) in [5.41, 5.74) is 2.16. The van der Waals surface area contributed by atoms with Crippen LogP contribution in [0, 0.1) is 17.6 Å². The SMILES string of the molecule is Fc1ccc(F)c(CN2CCC[C@@H](Cc3cc(-c4ncc[nH]4)ncn3)C2)c1. The first-order valence-electron chi connectivity index (χ1n) is 9.14. The third kappa shape index (κ3) is 4.36. The summed E-state index contributed by atoms with van der Waals surface area (Å²) in [5, 5.41) is 0. The Bertz CT molecular complexity index is 897. The third-order valence-electron chi connectivity index (χ3n) is 4.97. The van der Waals surface area contributed by atoms with Crippen LogP contribution < -0.4 is 0 Å². The normalized spacial score (nSPS) is 17.9. The van der Waals surface area contributed by atoms with E-state index in [1.54, 1.807) is 18.7 Å². The van der Waals surface area contributed by atoms with Gasteiger partial charge in [-0.25, -0.2) is 23.7 Å². The maximum atomic E-state index is 13.9. The topological polar surface area (TPSA) is 57.7 Å². The van der Waals surface area contributed by atoms with Gasteiger partial charge >= 0.3 is 0 Å². The molecule has 5 nitrogen and oxygen atoms in total. The predicted octanol–water partition coefficient (Wildman–Crippen LogP) is 3.60. The maximum Gasteiger partial charge on any atom is 0.156 e. The number of nitrogens with zero attached hydrogens (tertiary/aromatic N) is 4. The molecule has 1 N–H and O–H groups in total. The molecule has 2 aromatic heterocycles. The molecule has 1 atom stereocenters. The summed E-state index contributed by atoms with van der Waals surface area (Å²) in [7, 11) is 0. The van der Waals surface area contributed by atoms with Gasteiger partial charge in [-0.1, -0.05) is 0 Å². The van der Waals surface area contributed by atoms with E-state index >= 15 is 0 Å². The fraction of sp³-hybridized carbons (Fsp3) is 0.350. The van der Waals surface area contributed by atoms with Gasteiger partial charge in [-0.15, -0.1) is 0 Å². The van der Waals surface area contributed by atoms with Gasteiger partial charge in [-0.05, 0) is 56.0 Å². The van der Waals surface area contributed by atoms with Crippen LogP contribution in [-0.2, 0) is 13.0 Å². The van der Waals surface area contributed by atoms with Crippen molar-refractivity contribution in [3.05, 3.63) is 65.9 Å². The molecule has 0 saturated carbocycles. The molecule has 3 heterocycles. The molecule has 0 unspecified atom stereocenters. The Morgan fingerprint density at radius 2 is 2.07 bits per heavy atom. The van der Waals surface area contributed by atoms with Crippen LogP contribution in [0.3, 0.4) is 0 Å². The summed E-state index contributed by atoms with van der Waals surface area (Å²) >= 11 is 0. The first-order chi connectivity index (χ1) is 13.2. The summed E-state index contributed by atoms with van der Waals surface area (Å²) in [5.74, 6) is 0.407. The highest BCUT2D eigenvalue weighted by Gasteiger charge is 2.22. The van der Waals surface area contributed by atoms with Crippen LogP contribution in [0.1, 0.15) is 24.1 Å². The second-order valence-electron chi connectivity index (χ2n) is 7.02. The van der Waals surface area contributed by atoms with E-state index < -0.39 is 5.82 Å². The smallest absolute Gasteiger partial charge is 0.156 e. The third-order valence-corrected chi connectivity index (χ3v) is 4.97. The molecular weight excluding hydrogens is 348 g/mol. The molecule has 1 aliphatic heterocycles. The van der Waals surface area contributed by atoms with E-state index in [1.165, 1.54) is 12.1 Å². The number of imidazole rings is 1. The number of halogens is 2. The fourth-order valence-electron chi connectivity index (χ4n) is 3.71. The average Bonchev–Trinajstić information content (AvgIpc) is 3.20. The Hall–Kier alpha value is -2.67. The molecular formula is C20H21F2N5. The molecule has 7 heteroatoms. The van der Waals surface area contributed by atoms with Crippen LogP contribution in [0.25, 0.3) is 11.5 Å². The van der Waals surface area contributed by atoms with Crippen LogP contribution in [0.15, 0.2) is 43.0 Å². The summed E-state index contributed by atoms with van der Waals surface area (Å²) in [6, 6.07) is 5.61. The van der Waals surface area contributed by atoms with Crippen LogP contribution in [0.2, 0.25) is 0 Å². The highest BCUT2D eigenvalue weighted by atomic mass is 19.1. The van der Waals surface area contributed by atoms with Crippen molar-refractivity contribution in [3.8, 4) is 11.5 Å². The number of nitrogens with one attached hydrogen (secondary N) is 1. The Balaban J connectivity index is 1.41. The molecule has 1 fully saturated rings. The van der Waals surface area contributed by atoms with Gasteiger partial charge in [0.1, 0.15) is 23.7 Å². The van der Waals surface area contributed by atoms with Crippen molar-refractivity contribution in [2.75, 3.05) is 13.1 Å². The van der Waals surface area contributed by atoms with Crippen molar-refractivity contribution in [1.82, 2.24) is 24.8 Å². The lowest BCUT2D eigenvalue weighted by Crippen LogP contribution is -2.36. The highest BCUT2D eigenvalue weighted by molar-refractivity contribution is 5.48. The quantitative estimate of drug-likeness (QED) is 0.747. The molecule has 0 radical (unpaired) electrons. The predicted molar refractivity (Wildman–Crippen MR) is 97.7 cm³/mol. The van der Waals surface area contributed by atoms with Crippen molar-refractivity contribution in [2.45, 2.75) is 25.8 Å². The maximum absolute atomic E-state index is 13.9. The number of aromatic amines is 1. The van der Waals surface area contributed by atoms with Gasteiger partial charge in [0, 0.05) is 36.7 Å². The van der Waals surface area contributed by atoms with Gasteiger partial charge in [-0.2, -0.15) is 0 Å². The second-order valence-corrected chi connectivity index (χ2v) is 7.02. The molecule has 1 aromatic carbocycles. The lowest BCUT2D eigenvalue weighted by Gasteiger charge is -2.32. The zero-order valence-corrected chi connectivity index (χ0v) is 14.9. The van der Waals surface area contributed by atoms with Gasteiger partial charge in [0.05, 0.1) is 0 Å². The van der Waals surface area contributed by atoms with E-state index in [0.29, 0.717) is 18.0 Å². The van der Waals surface area contributed by atoms with Crippen LogP contribution >= 0.6 is 0 Å². The van der Waals surface area contributed by atoms with Crippen LogP contribution in [0.5, 0.6) is 0 Å². The van der Waals surface area contributed by atoms with E-state index in [9.17, 15) is 8.78 Å². The molecule has 0 aliphatic carbocycles. The fourth-order valence-corrected chi connectivity index (χ4v) is 3.71. The molecule has 0 spiro atoms. The number of rotatable bonds is 5. The number of H-pyrrole nitrogens is 1. The number of hydrogen-bond acceptors (Lipinski definition) is 4. The number of likely N-dealkylation sites (tertiary alicyclic amines) is 1. The highest BCUT2D eigenvalue weighted by Crippen LogP contribution is 2.23. The van der Waals surface area contributed by atoms with Crippen molar-refractivity contribution in [3.63, 3.8) is 0 Å². The number of benzene rings is 1. The van der Waals surface area contributed by atoms with Crippen molar-refractivity contribution in [2.24, 2.45) is 5.92 Å². The van der Waals surface area contributed by atoms with Gasteiger partial charge in [-0.3, -0.25) is 4.90 Å². The van der Waals surface area contributed by atoms with Gasteiger partial charge in [0.15, 0.2) is 5.82 Å². The molecule has 1 aliphatic rings. The van der Waals surface area contributed by atoms with Crippen molar-refractivity contribution >= 4 is 0 Å². The minimum atomic E-state index is -0.397. The summed E-state index contributed by atoms with van der Waals surface area (Å²) in [6.45, 7) is 2.17. The first-order valence-corrected chi connectivity index (χ1v) is 9.14. The van der Waals surface area contributed by atoms with E-state index in [-0.39, 0.29) is 5.82 Å². The molecule has 0 amide bonds. The van der Waals surface area contributed by atoms with Crippen molar-refractivity contribution < 1.29 is 8.78 Å². The summed E-state index contributed by atoms with van der Waals surface area (Å²) in [6.07, 6.45) is 8.00. The van der Waals surface area contributed by atoms with E-state index in [1.807, 2.05) is 6.07 Å². The number of piperidine rings is 1. The first kappa shape index (κ1) is 17.7. The standard InChI is InChI=1S/C20H21F2N5/c21-16-3-4-18(22)15(9-16)12-27-7-1-2-14(11-27)8-17-10-19(26-13-25-17)20-23-5-6-24-20/h3-6,9-10,13-14H,1-2,7-8,11-12H2,(H,23,24)/t14-/m0/s1.